The molecular weight excluding hydrogens is 108 g/mol. The second kappa shape index (κ2) is 3.80. The van der Waals surface area contributed by atoms with Crippen LogP contribution < -0.4 is 11.5 Å². The summed E-state index contributed by atoms with van der Waals surface area (Å²) < 4.78 is 0. The fraction of sp³-hybridized carbons (Fsp3) is 1.00. The van der Waals surface area contributed by atoms with Crippen LogP contribution in [-0.4, -0.2) is 35.5 Å². The molecule has 0 aliphatic carbocycles. The first-order valence-electron chi connectivity index (χ1n) is 2.47. The first kappa shape index (κ1) is 7.84. The van der Waals surface area contributed by atoms with E-state index < -0.39 is 12.1 Å². The Labute approximate surface area is 48.1 Å². The molecule has 0 aliphatic heterocycles. The smallest absolute Gasteiger partial charge is 0.0835 e. The molecule has 0 saturated heterocycles. The lowest BCUT2D eigenvalue weighted by molar-refractivity contribution is 0.115. The third-order valence-corrected chi connectivity index (χ3v) is 0.947. The van der Waals surface area contributed by atoms with Crippen LogP contribution in [0.3, 0.4) is 0 Å². The number of aliphatic hydroxyl groups is 2. The van der Waals surface area contributed by atoms with Crippen LogP contribution in [-0.2, 0) is 0 Å². The van der Waals surface area contributed by atoms with Crippen LogP contribution in [0.1, 0.15) is 0 Å². The van der Waals surface area contributed by atoms with Crippen molar-refractivity contribution in [2.24, 2.45) is 11.5 Å². The molecule has 4 heteroatoms. The predicted molar refractivity (Wildman–Crippen MR) is 30.1 cm³/mol. The molecule has 0 aromatic carbocycles. The molecule has 50 valence electrons. The first-order chi connectivity index (χ1) is 3.72. The lowest BCUT2D eigenvalue weighted by Gasteiger charge is -2.12. The summed E-state index contributed by atoms with van der Waals surface area (Å²) in [6, 6.07) is -0.597. The summed E-state index contributed by atoms with van der Waals surface area (Å²) in [6.45, 7) is -0.125. The molecule has 0 aromatic rings. The van der Waals surface area contributed by atoms with E-state index in [1.165, 1.54) is 0 Å². The minimum Gasteiger partial charge on any atom is -0.395 e. The van der Waals surface area contributed by atoms with Crippen molar-refractivity contribution in [1.29, 1.82) is 0 Å². The molecule has 0 saturated carbocycles. The van der Waals surface area contributed by atoms with E-state index in [0.717, 1.165) is 0 Å². The number of aliphatic hydroxyl groups excluding tert-OH is 2. The Morgan fingerprint density at radius 3 is 2.12 bits per heavy atom. The zero-order valence-corrected chi connectivity index (χ0v) is 4.62. The maximum Gasteiger partial charge on any atom is 0.0835 e. The SMILES string of the molecule is NCC(O)C(N)CO. The summed E-state index contributed by atoms with van der Waals surface area (Å²) in [6.07, 6.45) is -0.778. The van der Waals surface area contributed by atoms with Gasteiger partial charge in [0.1, 0.15) is 0 Å². The van der Waals surface area contributed by atoms with E-state index in [4.69, 9.17) is 21.7 Å². The number of hydrogen-bond donors (Lipinski definition) is 4. The van der Waals surface area contributed by atoms with Gasteiger partial charge in [-0.2, -0.15) is 0 Å². The molecule has 0 fully saturated rings. The zero-order valence-electron chi connectivity index (χ0n) is 4.62. The van der Waals surface area contributed by atoms with Gasteiger partial charge in [0.15, 0.2) is 0 Å². The van der Waals surface area contributed by atoms with Gasteiger partial charge in [-0.05, 0) is 0 Å². The van der Waals surface area contributed by atoms with Crippen molar-refractivity contribution >= 4 is 0 Å². The predicted octanol–water partition coefficient (Wildman–Crippen LogP) is -2.37. The Morgan fingerprint density at radius 2 is 2.00 bits per heavy atom. The van der Waals surface area contributed by atoms with Gasteiger partial charge in [-0.1, -0.05) is 0 Å². The van der Waals surface area contributed by atoms with Crippen molar-refractivity contribution in [1.82, 2.24) is 0 Å². The van der Waals surface area contributed by atoms with Crippen molar-refractivity contribution in [2.75, 3.05) is 13.2 Å². The van der Waals surface area contributed by atoms with Crippen molar-refractivity contribution < 1.29 is 10.2 Å². The normalized spacial score (nSPS) is 18.0. The van der Waals surface area contributed by atoms with E-state index in [1.54, 1.807) is 0 Å². The molecule has 0 bridgehead atoms. The molecular formula is C4H12N2O2. The van der Waals surface area contributed by atoms with Gasteiger partial charge in [0.2, 0.25) is 0 Å². The summed E-state index contributed by atoms with van der Waals surface area (Å²) in [5, 5.41) is 17.0. The topological polar surface area (TPSA) is 92.5 Å². The van der Waals surface area contributed by atoms with Crippen LogP contribution in [0.5, 0.6) is 0 Å². The molecule has 0 aromatic heterocycles. The number of rotatable bonds is 3. The maximum atomic E-state index is 8.72. The van der Waals surface area contributed by atoms with Crippen molar-refractivity contribution in [3.63, 3.8) is 0 Å². The van der Waals surface area contributed by atoms with E-state index in [1.807, 2.05) is 0 Å². The minimum absolute atomic E-state index is 0.0989. The Bertz CT molecular complexity index is 52.0. The Balaban J connectivity index is 3.29. The quantitative estimate of drug-likeness (QED) is 0.335. The van der Waals surface area contributed by atoms with Crippen LogP contribution in [0.15, 0.2) is 0 Å². The molecule has 8 heavy (non-hydrogen) atoms. The number of nitrogens with two attached hydrogens (primary N) is 2. The zero-order chi connectivity index (χ0) is 6.57. The van der Waals surface area contributed by atoms with E-state index in [0.29, 0.717) is 0 Å². The maximum absolute atomic E-state index is 8.72. The molecule has 4 nitrogen and oxygen atoms in total. The third kappa shape index (κ3) is 2.23. The van der Waals surface area contributed by atoms with Crippen LogP contribution in [0.4, 0.5) is 0 Å². The fourth-order valence-corrected chi connectivity index (χ4v) is 0.296. The van der Waals surface area contributed by atoms with Gasteiger partial charge in [0, 0.05) is 6.54 Å². The van der Waals surface area contributed by atoms with Crippen molar-refractivity contribution in [3.8, 4) is 0 Å². The molecule has 0 aliphatic rings. The molecule has 0 amide bonds. The second-order valence-electron chi connectivity index (χ2n) is 1.65. The Kier molecular flexibility index (Phi) is 3.72. The second-order valence-corrected chi connectivity index (χ2v) is 1.65. The van der Waals surface area contributed by atoms with E-state index in [2.05, 4.69) is 0 Å². The van der Waals surface area contributed by atoms with Gasteiger partial charge in [0.05, 0.1) is 18.8 Å². The van der Waals surface area contributed by atoms with Crippen LogP contribution >= 0.6 is 0 Å². The monoisotopic (exact) mass is 120 g/mol. The van der Waals surface area contributed by atoms with Gasteiger partial charge < -0.3 is 21.7 Å². The van der Waals surface area contributed by atoms with Crippen LogP contribution in [0.2, 0.25) is 0 Å². The largest absolute Gasteiger partial charge is 0.395 e. The molecule has 2 unspecified atom stereocenters. The minimum atomic E-state index is -0.778. The van der Waals surface area contributed by atoms with E-state index in [-0.39, 0.29) is 13.2 Å². The van der Waals surface area contributed by atoms with E-state index >= 15 is 0 Å². The Morgan fingerprint density at radius 1 is 1.50 bits per heavy atom. The summed E-state index contributed by atoms with van der Waals surface area (Å²) in [5.41, 5.74) is 10.2. The summed E-state index contributed by atoms with van der Waals surface area (Å²) in [7, 11) is 0. The van der Waals surface area contributed by atoms with E-state index in [9.17, 15) is 0 Å². The summed E-state index contributed by atoms with van der Waals surface area (Å²) in [4.78, 5) is 0. The molecule has 0 radical (unpaired) electrons. The molecule has 2 atom stereocenters. The first-order valence-corrected chi connectivity index (χ1v) is 2.47. The van der Waals surface area contributed by atoms with Gasteiger partial charge in [-0.25, -0.2) is 0 Å². The fourth-order valence-electron chi connectivity index (χ4n) is 0.296. The van der Waals surface area contributed by atoms with Gasteiger partial charge in [-0.15, -0.1) is 0 Å². The molecule has 6 N–H and O–H groups in total. The summed E-state index contributed by atoms with van der Waals surface area (Å²) >= 11 is 0. The standard InChI is InChI=1S/C4H12N2O2/c5-1-4(8)3(6)2-7/h3-4,7-8H,1-2,5-6H2. The number of hydrogen-bond acceptors (Lipinski definition) is 4. The lowest BCUT2D eigenvalue weighted by Crippen LogP contribution is -2.42. The van der Waals surface area contributed by atoms with Crippen molar-refractivity contribution in [2.45, 2.75) is 12.1 Å². The third-order valence-electron chi connectivity index (χ3n) is 0.947. The van der Waals surface area contributed by atoms with Gasteiger partial charge >= 0.3 is 0 Å². The average Bonchev–Trinajstić information content (AvgIpc) is 1.84. The highest BCUT2D eigenvalue weighted by Gasteiger charge is 2.09. The highest BCUT2D eigenvalue weighted by molar-refractivity contribution is 4.69. The lowest BCUT2D eigenvalue weighted by atomic mass is 10.2. The molecule has 0 rings (SSSR count). The molecule has 0 spiro atoms. The molecule has 0 heterocycles. The van der Waals surface area contributed by atoms with Crippen LogP contribution in [0, 0.1) is 0 Å². The highest BCUT2D eigenvalue weighted by atomic mass is 16.3. The average molecular weight is 120 g/mol. The Hall–Kier alpha value is -0.160. The van der Waals surface area contributed by atoms with Gasteiger partial charge in [-0.3, -0.25) is 0 Å². The van der Waals surface area contributed by atoms with Crippen molar-refractivity contribution in [3.05, 3.63) is 0 Å². The highest BCUT2D eigenvalue weighted by Crippen LogP contribution is 1.83. The van der Waals surface area contributed by atoms with Gasteiger partial charge in [0.25, 0.3) is 0 Å². The summed E-state index contributed by atoms with van der Waals surface area (Å²) in [5.74, 6) is 0. The van der Waals surface area contributed by atoms with Crippen LogP contribution in [0.25, 0.3) is 0 Å².